The molecule has 1 saturated heterocycles. The minimum Gasteiger partial charge on any atom is -0.480 e. The zero-order chi connectivity index (χ0) is 21.8. The molecule has 0 aromatic rings. The molecule has 13 nitrogen and oxygen atoms in total. The van der Waals surface area contributed by atoms with Gasteiger partial charge in [-0.3, -0.25) is 28.8 Å². The molecule has 8 N–H and O–H groups in total. The van der Waals surface area contributed by atoms with Gasteiger partial charge in [0.15, 0.2) is 0 Å². The number of carbonyl (C=O) groups is 6. The SMILES string of the molecule is NC(=O)CC[C@H](NC(=O)CNC(=O)C1CCCN1)C(=O)NCC(=O)NCC(=O)O. The first-order valence-electron chi connectivity index (χ1n) is 9.04. The summed E-state index contributed by atoms with van der Waals surface area (Å²) in [5, 5.41) is 20.6. The fourth-order valence-corrected chi connectivity index (χ4v) is 2.53. The standard InChI is InChI=1S/C16H26N6O7/c17-11(23)4-3-10(16(29)20-6-12(24)19-8-14(26)27)22-13(25)7-21-15(28)9-2-1-5-18-9/h9-10,18H,1-8H2,(H2,17,23)(H,19,24)(H,20,29)(H,21,28)(H,22,25)(H,26,27)/t9?,10-/m0/s1. The molecule has 1 aliphatic rings. The van der Waals surface area contributed by atoms with Crippen molar-refractivity contribution in [1.82, 2.24) is 26.6 Å². The number of nitrogens with one attached hydrogen (secondary N) is 5. The number of rotatable bonds is 12. The molecule has 1 aliphatic heterocycles. The number of nitrogens with two attached hydrogens (primary N) is 1. The first kappa shape index (κ1) is 23.8. The second-order valence-corrected chi connectivity index (χ2v) is 6.38. The molecule has 13 heteroatoms. The molecule has 2 atom stereocenters. The maximum atomic E-state index is 12.2. The van der Waals surface area contributed by atoms with Gasteiger partial charge in [-0.05, 0) is 25.8 Å². The van der Waals surface area contributed by atoms with Crippen molar-refractivity contribution in [3.8, 4) is 0 Å². The number of carboxylic acids is 1. The largest absolute Gasteiger partial charge is 0.480 e. The Morgan fingerprint density at radius 3 is 2.28 bits per heavy atom. The third-order valence-electron chi connectivity index (χ3n) is 3.99. The zero-order valence-corrected chi connectivity index (χ0v) is 15.8. The van der Waals surface area contributed by atoms with Gasteiger partial charge in [0.1, 0.15) is 12.6 Å². The first-order chi connectivity index (χ1) is 13.7. The van der Waals surface area contributed by atoms with Gasteiger partial charge in [0.25, 0.3) is 0 Å². The molecule has 1 rings (SSSR count). The van der Waals surface area contributed by atoms with E-state index in [2.05, 4.69) is 26.6 Å². The van der Waals surface area contributed by atoms with Gasteiger partial charge in [-0.1, -0.05) is 0 Å². The summed E-state index contributed by atoms with van der Waals surface area (Å²) < 4.78 is 0. The van der Waals surface area contributed by atoms with Crippen molar-refractivity contribution in [1.29, 1.82) is 0 Å². The van der Waals surface area contributed by atoms with Crippen LogP contribution in [0.5, 0.6) is 0 Å². The number of carbonyl (C=O) groups excluding carboxylic acids is 5. The number of primary amides is 1. The Bertz CT molecular complexity index is 648. The van der Waals surface area contributed by atoms with E-state index in [4.69, 9.17) is 10.8 Å². The van der Waals surface area contributed by atoms with E-state index < -0.39 is 48.7 Å². The van der Waals surface area contributed by atoms with Crippen molar-refractivity contribution in [2.75, 3.05) is 26.2 Å². The number of carboxylic acid groups (broad SMARTS) is 1. The minimum atomic E-state index is -1.24. The van der Waals surface area contributed by atoms with Crippen LogP contribution in [0.15, 0.2) is 0 Å². The molecule has 162 valence electrons. The highest BCUT2D eigenvalue weighted by molar-refractivity contribution is 5.93. The van der Waals surface area contributed by atoms with Crippen LogP contribution in [-0.4, -0.2) is 78.9 Å². The van der Waals surface area contributed by atoms with Gasteiger partial charge in [-0.15, -0.1) is 0 Å². The summed E-state index contributed by atoms with van der Waals surface area (Å²) in [7, 11) is 0. The van der Waals surface area contributed by atoms with Gasteiger partial charge < -0.3 is 37.4 Å². The molecule has 0 aromatic carbocycles. The Morgan fingerprint density at radius 1 is 1.00 bits per heavy atom. The Balaban J connectivity index is 2.49. The molecule has 0 bridgehead atoms. The van der Waals surface area contributed by atoms with Crippen LogP contribution in [0.3, 0.4) is 0 Å². The molecule has 0 aliphatic carbocycles. The van der Waals surface area contributed by atoms with Crippen LogP contribution in [-0.2, 0) is 28.8 Å². The van der Waals surface area contributed by atoms with Gasteiger partial charge in [0.05, 0.1) is 19.1 Å². The second-order valence-electron chi connectivity index (χ2n) is 6.38. The first-order valence-corrected chi connectivity index (χ1v) is 9.04. The third-order valence-corrected chi connectivity index (χ3v) is 3.99. The van der Waals surface area contributed by atoms with Crippen molar-refractivity contribution >= 4 is 35.5 Å². The van der Waals surface area contributed by atoms with Crippen LogP contribution < -0.4 is 32.3 Å². The molecule has 0 saturated carbocycles. The molecular weight excluding hydrogens is 388 g/mol. The van der Waals surface area contributed by atoms with Gasteiger partial charge >= 0.3 is 5.97 Å². The summed E-state index contributed by atoms with van der Waals surface area (Å²) >= 11 is 0. The Labute approximate surface area is 166 Å². The predicted molar refractivity (Wildman–Crippen MR) is 98.0 cm³/mol. The summed E-state index contributed by atoms with van der Waals surface area (Å²) in [4.78, 5) is 69.0. The molecule has 0 radical (unpaired) electrons. The maximum absolute atomic E-state index is 12.2. The average Bonchev–Trinajstić information content (AvgIpc) is 3.20. The van der Waals surface area contributed by atoms with Crippen LogP contribution in [0.2, 0.25) is 0 Å². The normalized spacial score (nSPS) is 16.3. The average molecular weight is 414 g/mol. The van der Waals surface area contributed by atoms with E-state index in [0.717, 1.165) is 13.0 Å². The van der Waals surface area contributed by atoms with Gasteiger partial charge in [-0.2, -0.15) is 0 Å². The third kappa shape index (κ3) is 10.0. The highest BCUT2D eigenvalue weighted by Gasteiger charge is 2.24. The summed E-state index contributed by atoms with van der Waals surface area (Å²) in [6, 6.07) is -1.52. The highest BCUT2D eigenvalue weighted by atomic mass is 16.4. The summed E-state index contributed by atoms with van der Waals surface area (Å²) in [6.07, 6.45) is 1.23. The maximum Gasteiger partial charge on any atom is 0.322 e. The summed E-state index contributed by atoms with van der Waals surface area (Å²) in [6.45, 7) is -0.763. The van der Waals surface area contributed by atoms with E-state index in [1.807, 2.05) is 0 Å². The lowest BCUT2D eigenvalue weighted by Gasteiger charge is -2.18. The van der Waals surface area contributed by atoms with Gasteiger partial charge in [0, 0.05) is 6.42 Å². The summed E-state index contributed by atoms with van der Waals surface area (Å²) in [5.74, 6) is -4.41. The molecule has 0 aromatic heterocycles. The lowest BCUT2D eigenvalue weighted by Crippen LogP contribution is -2.52. The summed E-state index contributed by atoms with van der Waals surface area (Å²) in [5.41, 5.74) is 5.06. The Hall–Kier alpha value is -3.22. The molecule has 1 fully saturated rings. The molecule has 1 heterocycles. The van der Waals surface area contributed by atoms with E-state index in [9.17, 15) is 28.8 Å². The van der Waals surface area contributed by atoms with E-state index in [0.29, 0.717) is 6.42 Å². The van der Waals surface area contributed by atoms with Crippen LogP contribution >= 0.6 is 0 Å². The number of hydrogen-bond donors (Lipinski definition) is 7. The van der Waals surface area contributed by atoms with Crippen molar-refractivity contribution in [2.24, 2.45) is 5.73 Å². The molecule has 29 heavy (non-hydrogen) atoms. The lowest BCUT2D eigenvalue weighted by atomic mass is 10.1. The van der Waals surface area contributed by atoms with Crippen LogP contribution in [0, 0.1) is 0 Å². The van der Waals surface area contributed by atoms with E-state index in [-0.39, 0.29) is 31.3 Å². The quantitative estimate of drug-likeness (QED) is 0.167. The van der Waals surface area contributed by atoms with Crippen molar-refractivity contribution in [2.45, 2.75) is 37.8 Å². The van der Waals surface area contributed by atoms with E-state index in [1.54, 1.807) is 0 Å². The predicted octanol–water partition coefficient (Wildman–Crippen LogP) is -4.08. The minimum absolute atomic E-state index is 0.109. The smallest absolute Gasteiger partial charge is 0.322 e. The van der Waals surface area contributed by atoms with Gasteiger partial charge in [-0.25, -0.2) is 0 Å². The molecule has 0 spiro atoms. The second kappa shape index (κ2) is 12.3. The van der Waals surface area contributed by atoms with Crippen LogP contribution in [0.1, 0.15) is 25.7 Å². The van der Waals surface area contributed by atoms with Crippen LogP contribution in [0.25, 0.3) is 0 Å². The molecular formula is C16H26N6O7. The zero-order valence-electron chi connectivity index (χ0n) is 15.8. The fraction of sp³-hybridized carbons (Fsp3) is 0.625. The lowest BCUT2D eigenvalue weighted by molar-refractivity contribution is -0.138. The monoisotopic (exact) mass is 414 g/mol. The van der Waals surface area contributed by atoms with E-state index >= 15 is 0 Å². The number of aliphatic carboxylic acids is 1. The van der Waals surface area contributed by atoms with Crippen molar-refractivity contribution in [3.05, 3.63) is 0 Å². The topological polar surface area (TPSA) is 209 Å². The van der Waals surface area contributed by atoms with E-state index in [1.165, 1.54) is 0 Å². The molecule has 5 amide bonds. The Kier molecular flexibility index (Phi) is 10.1. The Morgan fingerprint density at radius 2 is 1.69 bits per heavy atom. The van der Waals surface area contributed by atoms with Gasteiger partial charge in [0.2, 0.25) is 29.5 Å². The fourth-order valence-electron chi connectivity index (χ4n) is 2.53. The van der Waals surface area contributed by atoms with Crippen molar-refractivity contribution < 1.29 is 33.9 Å². The number of hydrogen-bond acceptors (Lipinski definition) is 7. The van der Waals surface area contributed by atoms with Crippen LogP contribution in [0.4, 0.5) is 0 Å². The molecule has 1 unspecified atom stereocenters. The number of amides is 5. The van der Waals surface area contributed by atoms with Crippen molar-refractivity contribution in [3.63, 3.8) is 0 Å². The highest BCUT2D eigenvalue weighted by Crippen LogP contribution is 2.04.